The van der Waals surface area contributed by atoms with Crippen LogP contribution in [-0.4, -0.2) is 4.98 Å². The van der Waals surface area contributed by atoms with Crippen LogP contribution in [0, 0.1) is 12.7 Å². The first-order valence-electron chi connectivity index (χ1n) is 5.46. The minimum absolute atomic E-state index is 0.283. The highest BCUT2D eigenvalue weighted by Gasteiger charge is 2.11. The molecule has 0 radical (unpaired) electrons. The first kappa shape index (κ1) is 11.2. The molecule has 0 N–H and O–H groups in total. The van der Waals surface area contributed by atoms with E-state index in [1.54, 1.807) is 18.2 Å². The highest BCUT2D eigenvalue weighted by atomic mass is 35.5. The molecule has 0 fully saturated rings. The SMILES string of the molecule is Cc1cc(Cl)cc2nc(-c3ccc(F)cc3)oc12. The van der Waals surface area contributed by atoms with Crippen molar-refractivity contribution in [1.29, 1.82) is 0 Å². The van der Waals surface area contributed by atoms with Crippen LogP contribution in [0.15, 0.2) is 40.8 Å². The zero-order valence-electron chi connectivity index (χ0n) is 9.58. The number of aryl methyl sites for hydroxylation is 1. The normalized spacial score (nSPS) is 11.1. The number of benzene rings is 2. The fourth-order valence-electron chi connectivity index (χ4n) is 1.87. The van der Waals surface area contributed by atoms with Crippen molar-refractivity contribution >= 4 is 22.7 Å². The molecule has 2 aromatic carbocycles. The summed E-state index contributed by atoms with van der Waals surface area (Å²) in [5.41, 5.74) is 3.08. The molecule has 4 heteroatoms. The highest BCUT2D eigenvalue weighted by Crippen LogP contribution is 2.28. The van der Waals surface area contributed by atoms with Crippen LogP contribution in [0.3, 0.4) is 0 Å². The molecule has 2 nitrogen and oxygen atoms in total. The fourth-order valence-corrected chi connectivity index (χ4v) is 2.14. The molecule has 0 bridgehead atoms. The van der Waals surface area contributed by atoms with Crippen molar-refractivity contribution in [3.63, 3.8) is 0 Å². The number of nitrogens with zero attached hydrogens (tertiary/aromatic N) is 1. The van der Waals surface area contributed by atoms with Crippen LogP contribution in [0.2, 0.25) is 5.02 Å². The minimum atomic E-state index is -0.283. The van der Waals surface area contributed by atoms with Crippen LogP contribution in [0.4, 0.5) is 4.39 Å². The van der Waals surface area contributed by atoms with Crippen LogP contribution in [0.25, 0.3) is 22.6 Å². The first-order valence-corrected chi connectivity index (χ1v) is 5.84. The number of hydrogen-bond donors (Lipinski definition) is 0. The molecule has 1 heterocycles. The highest BCUT2D eigenvalue weighted by molar-refractivity contribution is 6.31. The van der Waals surface area contributed by atoms with Crippen molar-refractivity contribution in [3.8, 4) is 11.5 Å². The van der Waals surface area contributed by atoms with Crippen LogP contribution in [0.5, 0.6) is 0 Å². The third-order valence-corrected chi connectivity index (χ3v) is 2.95. The number of hydrogen-bond acceptors (Lipinski definition) is 2. The van der Waals surface area contributed by atoms with E-state index in [1.165, 1.54) is 12.1 Å². The summed E-state index contributed by atoms with van der Waals surface area (Å²) >= 11 is 5.97. The van der Waals surface area contributed by atoms with Crippen molar-refractivity contribution in [2.24, 2.45) is 0 Å². The van der Waals surface area contributed by atoms with Gasteiger partial charge in [0.1, 0.15) is 11.3 Å². The lowest BCUT2D eigenvalue weighted by atomic mass is 10.2. The van der Waals surface area contributed by atoms with Gasteiger partial charge in [-0.3, -0.25) is 0 Å². The van der Waals surface area contributed by atoms with Crippen LogP contribution >= 0.6 is 11.6 Å². The molecular weight excluding hydrogens is 253 g/mol. The van der Waals surface area contributed by atoms with E-state index in [4.69, 9.17) is 16.0 Å². The Morgan fingerprint density at radius 1 is 1.17 bits per heavy atom. The molecule has 18 heavy (non-hydrogen) atoms. The molecule has 0 spiro atoms. The van der Waals surface area contributed by atoms with Gasteiger partial charge in [-0.1, -0.05) is 11.6 Å². The third kappa shape index (κ3) is 1.87. The molecule has 0 aliphatic heterocycles. The Balaban J connectivity index is 2.19. The lowest BCUT2D eigenvalue weighted by molar-refractivity contribution is 0.614. The van der Waals surface area contributed by atoms with Crippen molar-refractivity contribution in [2.75, 3.05) is 0 Å². The minimum Gasteiger partial charge on any atom is -0.436 e. The molecule has 3 rings (SSSR count). The van der Waals surface area contributed by atoms with Crippen molar-refractivity contribution < 1.29 is 8.81 Å². The summed E-state index contributed by atoms with van der Waals surface area (Å²) in [5.74, 6) is 0.185. The van der Waals surface area contributed by atoms with E-state index in [2.05, 4.69) is 4.98 Å². The zero-order valence-corrected chi connectivity index (χ0v) is 10.3. The second-order valence-electron chi connectivity index (χ2n) is 4.10. The fraction of sp³-hybridized carbons (Fsp3) is 0.0714. The average molecular weight is 262 g/mol. The summed E-state index contributed by atoms with van der Waals surface area (Å²) in [6, 6.07) is 9.60. The van der Waals surface area contributed by atoms with Crippen LogP contribution in [-0.2, 0) is 0 Å². The molecule has 0 saturated carbocycles. The van der Waals surface area contributed by atoms with E-state index in [0.29, 0.717) is 22.0 Å². The van der Waals surface area contributed by atoms with E-state index >= 15 is 0 Å². The molecule has 0 aliphatic carbocycles. The second kappa shape index (κ2) is 4.10. The van der Waals surface area contributed by atoms with Gasteiger partial charge in [-0.05, 0) is 48.9 Å². The van der Waals surface area contributed by atoms with E-state index < -0.39 is 0 Å². The predicted octanol–water partition coefficient (Wildman–Crippen LogP) is 4.60. The smallest absolute Gasteiger partial charge is 0.227 e. The second-order valence-corrected chi connectivity index (χ2v) is 4.53. The van der Waals surface area contributed by atoms with Crippen LogP contribution in [0.1, 0.15) is 5.56 Å². The van der Waals surface area contributed by atoms with Gasteiger partial charge in [0.2, 0.25) is 5.89 Å². The lowest BCUT2D eigenvalue weighted by Gasteiger charge is -1.94. The molecule has 0 amide bonds. The first-order chi connectivity index (χ1) is 8.63. The Morgan fingerprint density at radius 3 is 2.61 bits per heavy atom. The molecule has 0 saturated heterocycles. The average Bonchev–Trinajstić information content (AvgIpc) is 2.74. The molecule has 90 valence electrons. The maximum absolute atomic E-state index is 12.9. The van der Waals surface area contributed by atoms with Gasteiger partial charge in [0.15, 0.2) is 5.58 Å². The third-order valence-electron chi connectivity index (χ3n) is 2.73. The van der Waals surface area contributed by atoms with E-state index in [0.717, 1.165) is 11.1 Å². The Labute approximate surface area is 108 Å². The molecule has 1 aromatic heterocycles. The summed E-state index contributed by atoms with van der Waals surface area (Å²) < 4.78 is 18.5. The van der Waals surface area contributed by atoms with Gasteiger partial charge in [-0.2, -0.15) is 0 Å². The standard InChI is InChI=1S/C14H9ClFNO/c1-8-6-10(15)7-12-13(8)18-14(17-12)9-2-4-11(16)5-3-9/h2-7H,1H3. The predicted molar refractivity (Wildman–Crippen MR) is 69.2 cm³/mol. The number of aromatic nitrogens is 1. The Kier molecular flexibility index (Phi) is 2.56. The van der Waals surface area contributed by atoms with Gasteiger partial charge in [0.05, 0.1) is 0 Å². The van der Waals surface area contributed by atoms with Gasteiger partial charge in [-0.15, -0.1) is 0 Å². The molecule has 0 aliphatic rings. The zero-order chi connectivity index (χ0) is 12.7. The maximum Gasteiger partial charge on any atom is 0.227 e. The van der Waals surface area contributed by atoms with Gasteiger partial charge in [0, 0.05) is 10.6 Å². The largest absolute Gasteiger partial charge is 0.436 e. The van der Waals surface area contributed by atoms with Crippen molar-refractivity contribution in [3.05, 3.63) is 52.8 Å². The number of fused-ring (bicyclic) bond motifs is 1. The van der Waals surface area contributed by atoms with Crippen LogP contribution < -0.4 is 0 Å². The topological polar surface area (TPSA) is 26.0 Å². The van der Waals surface area contributed by atoms with Gasteiger partial charge < -0.3 is 4.42 Å². The van der Waals surface area contributed by atoms with Crippen molar-refractivity contribution in [1.82, 2.24) is 4.98 Å². The quantitative estimate of drug-likeness (QED) is 0.640. The maximum atomic E-state index is 12.9. The van der Waals surface area contributed by atoms with Gasteiger partial charge in [0.25, 0.3) is 0 Å². The van der Waals surface area contributed by atoms with Crippen molar-refractivity contribution in [2.45, 2.75) is 6.92 Å². The number of oxazole rings is 1. The summed E-state index contributed by atoms with van der Waals surface area (Å²) in [4.78, 5) is 4.36. The van der Waals surface area contributed by atoms with Gasteiger partial charge in [-0.25, -0.2) is 9.37 Å². The summed E-state index contributed by atoms with van der Waals surface area (Å²) in [6.45, 7) is 1.91. The van der Waals surface area contributed by atoms with E-state index in [1.807, 2.05) is 13.0 Å². The molecule has 0 unspecified atom stereocenters. The van der Waals surface area contributed by atoms with Gasteiger partial charge >= 0.3 is 0 Å². The monoisotopic (exact) mass is 261 g/mol. The summed E-state index contributed by atoms with van der Waals surface area (Å²) in [5, 5.41) is 0.624. The molecular formula is C14H9ClFNO. The summed E-state index contributed by atoms with van der Waals surface area (Å²) in [7, 11) is 0. The number of halogens is 2. The Morgan fingerprint density at radius 2 is 1.89 bits per heavy atom. The molecule has 3 aromatic rings. The summed E-state index contributed by atoms with van der Waals surface area (Å²) in [6.07, 6.45) is 0. The number of rotatable bonds is 1. The Hall–Kier alpha value is -1.87. The van der Waals surface area contributed by atoms with E-state index in [-0.39, 0.29) is 5.82 Å². The van der Waals surface area contributed by atoms with E-state index in [9.17, 15) is 4.39 Å². The molecule has 0 atom stereocenters. The lowest BCUT2D eigenvalue weighted by Crippen LogP contribution is -1.78. The Bertz CT molecular complexity index is 718.